The summed E-state index contributed by atoms with van der Waals surface area (Å²) in [6.45, 7) is 0. The van der Waals surface area contributed by atoms with Crippen molar-refractivity contribution in [3.05, 3.63) is 53.0 Å². The van der Waals surface area contributed by atoms with Gasteiger partial charge in [-0.25, -0.2) is 4.39 Å². The van der Waals surface area contributed by atoms with E-state index < -0.39 is 0 Å². The van der Waals surface area contributed by atoms with E-state index in [9.17, 15) is 4.39 Å². The van der Waals surface area contributed by atoms with Crippen molar-refractivity contribution in [2.45, 2.75) is 0 Å². The van der Waals surface area contributed by atoms with Gasteiger partial charge in [0.15, 0.2) is 0 Å². The lowest BCUT2D eigenvalue weighted by molar-refractivity contribution is 0.622. The molecule has 0 unspecified atom stereocenters. The second kappa shape index (κ2) is 3.96. The van der Waals surface area contributed by atoms with Crippen LogP contribution in [0, 0.1) is 5.82 Å². The van der Waals surface area contributed by atoms with E-state index in [-0.39, 0.29) is 5.82 Å². The Morgan fingerprint density at radius 1 is 1.12 bits per heavy atom. The fourth-order valence-electron chi connectivity index (χ4n) is 1.70. The van der Waals surface area contributed by atoms with Crippen molar-refractivity contribution >= 4 is 26.9 Å². The summed E-state index contributed by atoms with van der Waals surface area (Å²) in [5.74, 6) is 0.427. The Morgan fingerprint density at radius 2 is 1.88 bits per heavy atom. The standard InChI is InChI=1S/C13H7BrFNO/c14-12-10-7-16-6-5-11(10)17-13(12)8-1-3-9(15)4-2-8/h1-7H. The third-order valence-electron chi connectivity index (χ3n) is 2.54. The maximum atomic E-state index is 12.9. The van der Waals surface area contributed by atoms with Crippen LogP contribution in [-0.2, 0) is 0 Å². The quantitative estimate of drug-likeness (QED) is 0.664. The van der Waals surface area contributed by atoms with Gasteiger partial charge in [-0.1, -0.05) is 0 Å². The van der Waals surface area contributed by atoms with Crippen LogP contribution in [0.5, 0.6) is 0 Å². The molecule has 0 saturated carbocycles. The largest absolute Gasteiger partial charge is 0.455 e. The Balaban J connectivity index is 2.24. The second-order valence-corrected chi connectivity index (χ2v) is 4.42. The van der Waals surface area contributed by atoms with Gasteiger partial charge in [-0.05, 0) is 46.3 Å². The number of furan rings is 1. The summed E-state index contributed by atoms with van der Waals surface area (Å²) in [7, 11) is 0. The minimum atomic E-state index is -0.261. The Bertz CT molecular complexity index is 675. The molecule has 0 fully saturated rings. The molecule has 0 spiro atoms. The van der Waals surface area contributed by atoms with E-state index in [1.807, 2.05) is 0 Å². The smallest absolute Gasteiger partial charge is 0.149 e. The van der Waals surface area contributed by atoms with Gasteiger partial charge in [0.2, 0.25) is 0 Å². The Hall–Kier alpha value is -1.68. The van der Waals surface area contributed by atoms with Crippen LogP contribution >= 0.6 is 15.9 Å². The average molecular weight is 292 g/mol. The van der Waals surface area contributed by atoms with Crippen molar-refractivity contribution in [2.75, 3.05) is 0 Å². The van der Waals surface area contributed by atoms with Gasteiger partial charge in [-0.3, -0.25) is 4.98 Å². The molecule has 84 valence electrons. The molecule has 0 atom stereocenters. The number of rotatable bonds is 1. The first-order chi connectivity index (χ1) is 8.25. The molecule has 0 radical (unpaired) electrons. The highest BCUT2D eigenvalue weighted by molar-refractivity contribution is 9.10. The number of nitrogens with zero attached hydrogens (tertiary/aromatic N) is 1. The molecule has 0 N–H and O–H groups in total. The zero-order valence-electron chi connectivity index (χ0n) is 8.65. The van der Waals surface area contributed by atoms with Gasteiger partial charge in [0.05, 0.1) is 9.86 Å². The molecule has 17 heavy (non-hydrogen) atoms. The summed E-state index contributed by atoms with van der Waals surface area (Å²) < 4.78 is 19.4. The topological polar surface area (TPSA) is 26.0 Å². The van der Waals surface area contributed by atoms with E-state index >= 15 is 0 Å². The predicted molar refractivity (Wildman–Crippen MR) is 67.1 cm³/mol. The van der Waals surface area contributed by atoms with Gasteiger partial charge in [0.1, 0.15) is 17.2 Å². The number of hydrogen-bond donors (Lipinski definition) is 0. The molecule has 3 aromatic rings. The molecule has 2 heterocycles. The fourth-order valence-corrected chi connectivity index (χ4v) is 2.31. The Labute approximate surface area is 105 Å². The lowest BCUT2D eigenvalue weighted by Crippen LogP contribution is -1.76. The van der Waals surface area contributed by atoms with Crippen molar-refractivity contribution in [1.29, 1.82) is 0 Å². The molecule has 0 saturated heterocycles. The first kappa shape index (κ1) is 10.5. The van der Waals surface area contributed by atoms with Gasteiger partial charge >= 0.3 is 0 Å². The molecule has 0 bridgehead atoms. The monoisotopic (exact) mass is 291 g/mol. The first-order valence-corrected chi connectivity index (χ1v) is 5.83. The number of aromatic nitrogens is 1. The number of pyridine rings is 1. The van der Waals surface area contributed by atoms with Crippen molar-refractivity contribution in [1.82, 2.24) is 4.98 Å². The average Bonchev–Trinajstić information content (AvgIpc) is 2.69. The van der Waals surface area contributed by atoms with Gasteiger partial charge in [0, 0.05) is 18.0 Å². The van der Waals surface area contributed by atoms with Gasteiger partial charge < -0.3 is 4.42 Å². The predicted octanol–water partition coefficient (Wildman–Crippen LogP) is 4.40. The SMILES string of the molecule is Fc1ccc(-c2oc3ccncc3c2Br)cc1. The van der Waals surface area contributed by atoms with Crippen molar-refractivity contribution in [2.24, 2.45) is 0 Å². The molecule has 4 heteroatoms. The summed E-state index contributed by atoms with van der Waals surface area (Å²) in [5.41, 5.74) is 1.58. The number of halogens is 2. The van der Waals surface area contributed by atoms with Crippen LogP contribution in [0.3, 0.4) is 0 Å². The molecular weight excluding hydrogens is 285 g/mol. The van der Waals surface area contributed by atoms with Crippen LogP contribution in [0.2, 0.25) is 0 Å². The summed E-state index contributed by atoms with van der Waals surface area (Å²) in [5, 5.41) is 0.909. The van der Waals surface area contributed by atoms with Crippen LogP contribution in [0.4, 0.5) is 4.39 Å². The fraction of sp³-hybridized carbons (Fsp3) is 0. The van der Waals surface area contributed by atoms with Gasteiger partial charge in [-0.2, -0.15) is 0 Å². The molecule has 0 amide bonds. The van der Waals surface area contributed by atoms with Crippen LogP contribution in [0.1, 0.15) is 0 Å². The maximum Gasteiger partial charge on any atom is 0.149 e. The second-order valence-electron chi connectivity index (χ2n) is 3.62. The first-order valence-electron chi connectivity index (χ1n) is 5.03. The molecular formula is C13H7BrFNO. The van der Waals surface area contributed by atoms with E-state index in [1.165, 1.54) is 12.1 Å². The number of hydrogen-bond acceptors (Lipinski definition) is 2. The van der Waals surface area contributed by atoms with E-state index in [0.717, 1.165) is 21.0 Å². The lowest BCUT2D eigenvalue weighted by atomic mass is 10.1. The molecule has 0 aliphatic rings. The third kappa shape index (κ3) is 1.74. The van der Waals surface area contributed by atoms with E-state index in [0.29, 0.717) is 5.76 Å². The van der Waals surface area contributed by atoms with Crippen LogP contribution in [-0.4, -0.2) is 4.98 Å². The number of benzene rings is 1. The van der Waals surface area contributed by atoms with Crippen molar-refractivity contribution in [3.63, 3.8) is 0 Å². The molecule has 3 rings (SSSR count). The minimum Gasteiger partial charge on any atom is -0.455 e. The maximum absolute atomic E-state index is 12.9. The van der Waals surface area contributed by atoms with Crippen LogP contribution < -0.4 is 0 Å². The summed E-state index contributed by atoms with van der Waals surface area (Å²) >= 11 is 3.48. The summed E-state index contributed by atoms with van der Waals surface area (Å²) in [6.07, 6.45) is 3.41. The Morgan fingerprint density at radius 3 is 2.59 bits per heavy atom. The molecule has 2 nitrogen and oxygen atoms in total. The molecule has 0 aliphatic carbocycles. The van der Waals surface area contributed by atoms with Gasteiger partial charge in [0.25, 0.3) is 0 Å². The molecule has 0 aliphatic heterocycles. The van der Waals surface area contributed by atoms with Crippen LogP contribution in [0.15, 0.2) is 51.6 Å². The minimum absolute atomic E-state index is 0.261. The summed E-state index contributed by atoms with van der Waals surface area (Å²) in [4.78, 5) is 4.04. The zero-order chi connectivity index (χ0) is 11.8. The van der Waals surface area contributed by atoms with Gasteiger partial charge in [-0.15, -0.1) is 0 Å². The van der Waals surface area contributed by atoms with E-state index in [1.54, 1.807) is 30.6 Å². The van der Waals surface area contributed by atoms with Crippen molar-refractivity contribution < 1.29 is 8.81 Å². The Kier molecular flexibility index (Phi) is 2.44. The molecule has 2 aromatic heterocycles. The summed E-state index contributed by atoms with van der Waals surface area (Å²) in [6, 6.07) is 7.99. The van der Waals surface area contributed by atoms with Crippen molar-refractivity contribution in [3.8, 4) is 11.3 Å². The normalized spacial score (nSPS) is 10.9. The lowest BCUT2D eigenvalue weighted by Gasteiger charge is -1.97. The number of fused-ring (bicyclic) bond motifs is 1. The highest BCUT2D eigenvalue weighted by Crippen LogP contribution is 2.36. The van der Waals surface area contributed by atoms with Crippen LogP contribution in [0.25, 0.3) is 22.3 Å². The van der Waals surface area contributed by atoms with E-state index in [4.69, 9.17) is 4.42 Å². The highest BCUT2D eigenvalue weighted by atomic mass is 79.9. The third-order valence-corrected chi connectivity index (χ3v) is 3.32. The van der Waals surface area contributed by atoms with E-state index in [2.05, 4.69) is 20.9 Å². The highest BCUT2D eigenvalue weighted by Gasteiger charge is 2.13. The molecule has 1 aromatic carbocycles. The zero-order valence-corrected chi connectivity index (χ0v) is 10.2.